The zero-order valence-electron chi connectivity index (χ0n) is 9.91. The van der Waals surface area contributed by atoms with Crippen LogP contribution in [-0.2, 0) is 20.8 Å². The van der Waals surface area contributed by atoms with Gasteiger partial charge in [0, 0.05) is 25.1 Å². The Morgan fingerprint density at radius 3 is 2.12 bits per heavy atom. The first-order valence-corrected chi connectivity index (χ1v) is 7.97. The summed E-state index contributed by atoms with van der Waals surface area (Å²) in [4.78, 5) is 0. The molecule has 0 amide bonds. The zero-order valence-corrected chi connectivity index (χ0v) is 11.8. The number of halogens is 1. The normalized spacial score (nSPS) is 11.0. The van der Waals surface area contributed by atoms with Gasteiger partial charge in [0.25, 0.3) is 0 Å². The fourth-order valence-corrected chi connectivity index (χ4v) is 3.70. The molecule has 1 aromatic rings. The van der Waals surface area contributed by atoms with E-state index in [1.54, 1.807) is 0 Å². The Morgan fingerprint density at radius 2 is 1.62 bits per heavy atom. The average molecular weight is 259 g/mol. The lowest BCUT2D eigenvalue weighted by molar-refractivity contribution is 0.213. The molecule has 0 radical (unpaired) electrons. The van der Waals surface area contributed by atoms with Crippen molar-refractivity contribution in [3.05, 3.63) is 35.4 Å². The average Bonchev–Trinajstić information content (AvgIpc) is 2.30. The van der Waals surface area contributed by atoms with Crippen molar-refractivity contribution in [3.8, 4) is 0 Å². The summed E-state index contributed by atoms with van der Waals surface area (Å²) in [5.74, 6) is 0.551. The third kappa shape index (κ3) is 4.26. The Morgan fingerprint density at radius 1 is 1.06 bits per heavy atom. The van der Waals surface area contributed by atoms with Crippen molar-refractivity contribution in [2.45, 2.75) is 25.8 Å². The molecule has 0 aliphatic rings. The third-order valence-electron chi connectivity index (χ3n) is 2.35. The smallest absolute Gasteiger partial charge is 0.325 e. The van der Waals surface area contributed by atoms with Gasteiger partial charge in [0.15, 0.2) is 0 Å². The minimum atomic E-state index is -1.56. The van der Waals surface area contributed by atoms with E-state index in [9.17, 15) is 0 Å². The minimum absolute atomic E-state index is 0.551. The molecule has 0 atom stereocenters. The van der Waals surface area contributed by atoms with E-state index in [0.29, 0.717) is 5.88 Å². The van der Waals surface area contributed by atoms with Gasteiger partial charge in [-0.1, -0.05) is 24.3 Å². The molecule has 0 aliphatic carbocycles. The van der Waals surface area contributed by atoms with Crippen LogP contribution < -0.4 is 0 Å². The van der Waals surface area contributed by atoms with Gasteiger partial charge in [-0.2, -0.15) is 0 Å². The van der Waals surface area contributed by atoms with Crippen LogP contribution in [0.4, 0.5) is 0 Å². The molecular weight excluding hydrogens is 240 g/mol. The lowest BCUT2D eigenvalue weighted by Crippen LogP contribution is -2.26. The molecule has 0 N–H and O–H groups in total. The van der Waals surface area contributed by atoms with E-state index < -0.39 is 9.28 Å². The van der Waals surface area contributed by atoms with Crippen LogP contribution in [0.2, 0.25) is 0 Å². The quantitative estimate of drug-likeness (QED) is 0.553. The standard InChI is InChI=1S/C12H19ClO2Si/c1-3-14-16(15-4-2)10-12-8-6-5-7-11(12)9-13/h5-8,16H,3-4,9-10H2,1-2H3. The van der Waals surface area contributed by atoms with Crippen LogP contribution in [0.15, 0.2) is 24.3 Å². The lowest BCUT2D eigenvalue weighted by atomic mass is 10.1. The van der Waals surface area contributed by atoms with Crippen LogP contribution in [0.1, 0.15) is 25.0 Å². The Labute approximate surface area is 104 Å². The molecule has 0 aliphatic heterocycles. The fourth-order valence-electron chi connectivity index (χ4n) is 1.60. The van der Waals surface area contributed by atoms with Crippen molar-refractivity contribution in [1.29, 1.82) is 0 Å². The van der Waals surface area contributed by atoms with Gasteiger partial charge in [0.1, 0.15) is 0 Å². The molecule has 0 bridgehead atoms. The highest BCUT2D eigenvalue weighted by Gasteiger charge is 2.14. The molecule has 2 nitrogen and oxygen atoms in total. The van der Waals surface area contributed by atoms with E-state index in [2.05, 4.69) is 12.1 Å². The number of hydrogen-bond acceptors (Lipinski definition) is 2. The maximum Gasteiger partial charge on any atom is 0.325 e. The Bertz CT molecular complexity index is 301. The summed E-state index contributed by atoms with van der Waals surface area (Å²) in [6.07, 6.45) is 0. The Hall–Kier alpha value is -0.353. The van der Waals surface area contributed by atoms with Crippen molar-refractivity contribution >= 4 is 20.9 Å². The highest BCUT2D eigenvalue weighted by Crippen LogP contribution is 2.14. The monoisotopic (exact) mass is 258 g/mol. The van der Waals surface area contributed by atoms with Crippen molar-refractivity contribution in [1.82, 2.24) is 0 Å². The second-order valence-corrected chi connectivity index (χ2v) is 5.65. The molecule has 0 heterocycles. The van der Waals surface area contributed by atoms with Crippen LogP contribution >= 0.6 is 11.6 Å². The van der Waals surface area contributed by atoms with E-state index in [-0.39, 0.29) is 0 Å². The van der Waals surface area contributed by atoms with Crippen LogP contribution in [-0.4, -0.2) is 22.5 Å². The van der Waals surface area contributed by atoms with E-state index in [4.69, 9.17) is 20.5 Å². The molecule has 0 unspecified atom stereocenters. The lowest BCUT2D eigenvalue weighted by Gasteiger charge is -2.16. The van der Waals surface area contributed by atoms with Crippen LogP contribution in [0.5, 0.6) is 0 Å². The van der Waals surface area contributed by atoms with Gasteiger partial charge in [-0.25, -0.2) is 0 Å². The van der Waals surface area contributed by atoms with Gasteiger partial charge in [0.05, 0.1) is 0 Å². The summed E-state index contributed by atoms with van der Waals surface area (Å²) >= 11 is 5.90. The first-order chi connectivity index (χ1) is 7.81. The summed E-state index contributed by atoms with van der Waals surface area (Å²) in [6, 6.07) is 9.11. The summed E-state index contributed by atoms with van der Waals surface area (Å²) < 4.78 is 11.3. The van der Waals surface area contributed by atoms with Crippen molar-refractivity contribution in [3.63, 3.8) is 0 Å². The zero-order chi connectivity index (χ0) is 11.8. The predicted molar refractivity (Wildman–Crippen MR) is 70.1 cm³/mol. The first-order valence-electron chi connectivity index (χ1n) is 5.67. The molecule has 0 fully saturated rings. The fraction of sp³-hybridized carbons (Fsp3) is 0.500. The molecule has 1 aromatic carbocycles. The highest BCUT2D eigenvalue weighted by atomic mass is 35.5. The SMILES string of the molecule is CCO[SiH](Cc1ccccc1CCl)OCC. The second-order valence-electron chi connectivity index (χ2n) is 3.45. The van der Waals surface area contributed by atoms with Crippen molar-refractivity contribution < 1.29 is 8.85 Å². The Balaban J connectivity index is 2.67. The molecule has 1 rings (SSSR count). The van der Waals surface area contributed by atoms with Gasteiger partial charge in [0.2, 0.25) is 0 Å². The van der Waals surface area contributed by atoms with Crippen LogP contribution in [0.3, 0.4) is 0 Å². The van der Waals surface area contributed by atoms with Crippen molar-refractivity contribution in [2.75, 3.05) is 13.2 Å². The number of alkyl halides is 1. The summed E-state index contributed by atoms with van der Waals surface area (Å²) in [5, 5.41) is 0. The minimum Gasteiger partial charge on any atom is -0.397 e. The van der Waals surface area contributed by atoms with Crippen LogP contribution in [0, 0.1) is 0 Å². The molecule has 4 heteroatoms. The van der Waals surface area contributed by atoms with Crippen molar-refractivity contribution in [2.24, 2.45) is 0 Å². The van der Waals surface area contributed by atoms with E-state index in [1.165, 1.54) is 11.1 Å². The van der Waals surface area contributed by atoms with Gasteiger partial charge < -0.3 is 8.85 Å². The molecule has 16 heavy (non-hydrogen) atoms. The summed E-state index contributed by atoms with van der Waals surface area (Å²) in [7, 11) is -1.56. The Kier molecular flexibility index (Phi) is 6.72. The number of hydrogen-bond donors (Lipinski definition) is 0. The molecule has 0 aromatic heterocycles. The topological polar surface area (TPSA) is 18.5 Å². The maximum absolute atomic E-state index is 5.90. The highest BCUT2D eigenvalue weighted by molar-refractivity contribution is 6.43. The number of benzene rings is 1. The van der Waals surface area contributed by atoms with Gasteiger partial charge >= 0.3 is 9.28 Å². The van der Waals surface area contributed by atoms with Gasteiger partial charge in [-0.05, 0) is 25.0 Å². The number of rotatable bonds is 7. The molecule has 0 saturated heterocycles. The predicted octanol–water partition coefficient (Wildman–Crippen LogP) is 2.80. The molecule has 90 valence electrons. The van der Waals surface area contributed by atoms with E-state index in [0.717, 1.165) is 19.3 Å². The third-order valence-corrected chi connectivity index (χ3v) is 4.83. The molecular formula is C12H19ClO2Si. The maximum atomic E-state index is 5.90. The van der Waals surface area contributed by atoms with E-state index in [1.807, 2.05) is 26.0 Å². The second kappa shape index (κ2) is 7.85. The first kappa shape index (κ1) is 13.7. The van der Waals surface area contributed by atoms with E-state index >= 15 is 0 Å². The summed E-state index contributed by atoms with van der Waals surface area (Å²) in [6.45, 7) is 5.46. The van der Waals surface area contributed by atoms with Gasteiger partial charge in [-0.15, -0.1) is 11.6 Å². The largest absolute Gasteiger partial charge is 0.397 e. The summed E-state index contributed by atoms with van der Waals surface area (Å²) in [5.41, 5.74) is 2.44. The van der Waals surface area contributed by atoms with Gasteiger partial charge in [-0.3, -0.25) is 0 Å². The molecule has 0 spiro atoms. The van der Waals surface area contributed by atoms with Crippen LogP contribution in [0.25, 0.3) is 0 Å². The molecule has 0 saturated carbocycles.